The van der Waals surface area contributed by atoms with Crippen molar-refractivity contribution in [3.63, 3.8) is 0 Å². The van der Waals surface area contributed by atoms with Crippen molar-refractivity contribution >= 4 is 23.4 Å². The lowest BCUT2D eigenvalue weighted by atomic mass is 10.1. The minimum absolute atomic E-state index is 0.0785. The number of aromatic nitrogens is 2. The van der Waals surface area contributed by atoms with Crippen molar-refractivity contribution in [2.24, 2.45) is 0 Å². The van der Waals surface area contributed by atoms with Crippen molar-refractivity contribution in [1.82, 2.24) is 9.97 Å². The number of amides is 2. The standard InChI is InChI=1S/C26H23N5O2/c1-17-4-2-5-18(14-17)22-8-9-23-25(28-22)31(20-10-12-30(23)15-20)26(32)29-24-7-3-6-21(27-24)19-11-13-33-16-19/h2-9,11,13-14,16,20H,10,12,15H2,1H3,(H,27,29,32)/t20-/m0/s1. The second kappa shape index (κ2) is 7.78. The number of urea groups is 1. The fraction of sp³-hybridized carbons (Fsp3) is 0.192. The van der Waals surface area contributed by atoms with Crippen LogP contribution in [0.4, 0.5) is 22.1 Å². The van der Waals surface area contributed by atoms with E-state index in [4.69, 9.17) is 9.40 Å². The van der Waals surface area contributed by atoms with Crippen molar-refractivity contribution in [2.45, 2.75) is 19.4 Å². The summed E-state index contributed by atoms with van der Waals surface area (Å²) in [5.41, 5.74) is 5.68. The smallest absolute Gasteiger partial charge is 0.329 e. The van der Waals surface area contributed by atoms with E-state index in [1.165, 1.54) is 5.56 Å². The van der Waals surface area contributed by atoms with Gasteiger partial charge in [-0.25, -0.2) is 14.8 Å². The molecule has 7 nitrogen and oxygen atoms in total. The average molecular weight is 438 g/mol. The normalized spacial score (nSPS) is 16.6. The number of hydrogen-bond acceptors (Lipinski definition) is 5. The molecule has 0 saturated carbocycles. The highest BCUT2D eigenvalue weighted by atomic mass is 16.3. The average Bonchev–Trinajstić information content (AvgIpc) is 3.51. The molecule has 164 valence electrons. The number of nitrogens with one attached hydrogen (secondary N) is 1. The summed E-state index contributed by atoms with van der Waals surface area (Å²) < 4.78 is 5.16. The number of nitrogens with zero attached hydrogens (tertiary/aromatic N) is 4. The molecule has 2 bridgehead atoms. The van der Waals surface area contributed by atoms with Crippen LogP contribution >= 0.6 is 0 Å². The fourth-order valence-corrected chi connectivity index (χ4v) is 4.68. The predicted octanol–water partition coefficient (Wildman–Crippen LogP) is 5.34. The molecule has 1 atom stereocenters. The third-order valence-corrected chi connectivity index (χ3v) is 6.29. The highest BCUT2D eigenvalue weighted by Crippen LogP contribution is 2.40. The van der Waals surface area contributed by atoms with Crippen LogP contribution in [0.3, 0.4) is 0 Å². The number of furan rings is 1. The van der Waals surface area contributed by atoms with Crippen LogP contribution in [0.2, 0.25) is 0 Å². The summed E-state index contributed by atoms with van der Waals surface area (Å²) >= 11 is 0. The largest absolute Gasteiger partial charge is 0.472 e. The van der Waals surface area contributed by atoms with E-state index in [-0.39, 0.29) is 12.1 Å². The Kier molecular flexibility index (Phi) is 4.61. The van der Waals surface area contributed by atoms with Gasteiger partial charge in [0.15, 0.2) is 5.82 Å². The molecule has 0 aliphatic carbocycles. The maximum atomic E-state index is 13.5. The molecule has 0 radical (unpaired) electrons. The second-order valence-electron chi connectivity index (χ2n) is 8.52. The minimum Gasteiger partial charge on any atom is -0.472 e. The van der Waals surface area contributed by atoms with Crippen molar-refractivity contribution in [2.75, 3.05) is 28.2 Å². The zero-order chi connectivity index (χ0) is 22.4. The van der Waals surface area contributed by atoms with E-state index >= 15 is 0 Å². The summed E-state index contributed by atoms with van der Waals surface area (Å²) in [7, 11) is 0. The van der Waals surface area contributed by atoms with Crippen LogP contribution in [0.15, 0.2) is 77.6 Å². The van der Waals surface area contributed by atoms with Gasteiger partial charge in [-0.1, -0.05) is 29.8 Å². The molecule has 6 rings (SSSR count). The molecular weight excluding hydrogens is 414 g/mol. The lowest BCUT2D eigenvalue weighted by Crippen LogP contribution is -2.48. The molecule has 0 unspecified atom stereocenters. The lowest BCUT2D eigenvalue weighted by molar-refractivity contribution is 0.254. The number of carbonyl (C=O) groups excluding carboxylic acids is 1. The van der Waals surface area contributed by atoms with Gasteiger partial charge >= 0.3 is 6.03 Å². The van der Waals surface area contributed by atoms with Crippen LogP contribution in [-0.2, 0) is 0 Å². The van der Waals surface area contributed by atoms with Crippen LogP contribution in [0.5, 0.6) is 0 Å². The molecule has 1 N–H and O–H groups in total. The van der Waals surface area contributed by atoms with Crippen LogP contribution in [0.25, 0.3) is 22.5 Å². The Morgan fingerprint density at radius 1 is 1.03 bits per heavy atom. The van der Waals surface area contributed by atoms with Crippen molar-refractivity contribution in [3.8, 4) is 22.5 Å². The molecule has 2 aliphatic heterocycles. The Morgan fingerprint density at radius 2 is 1.91 bits per heavy atom. The maximum Gasteiger partial charge on any atom is 0.329 e. The summed E-state index contributed by atoms with van der Waals surface area (Å²) in [6.07, 6.45) is 4.15. The van der Waals surface area contributed by atoms with Gasteiger partial charge in [-0.15, -0.1) is 0 Å². The van der Waals surface area contributed by atoms with E-state index in [0.717, 1.165) is 47.7 Å². The predicted molar refractivity (Wildman–Crippen MR) is 128 cm³/mol. The second-order valence-corrected chi connectivity index (χ2v) is 8.52. The van der Waals surface area contributed by atoms with Crippen LogP contribution < -0.4 is 15.1 Å². The molecule has 4 aromatic rings. The Balaban J connectivity index is 1.34. The van der Waals surface area contributed by atoms with Crippen molar-refractivity contribution in [1.29, 1.82) is 0 Å². The Hall–Kier alpha value is -4.13. The van der Waals surface area contributed by atoms with Crippen LogP contribution in [-0.4, -0.2) is 35.1 Å². The van der Waals surface area contributed by atoms with Crippen LogP contribution in [0, 0.1) is 6.92 Å². The fourth-order valence-electron chi connectivity index (χ4n) is 4.68. The quantitative estimate of drug-likeness (QED) is 0.468. The van der Waals surface area contributed by atoms with E-state index in [9.17, 15) is 4.79 Å². The molecular formula is C26H23N5O2. The number of hydrogen-bond donors (Lipinski definition) is 1. The SMILES string of the molecule is Cc1cccc(-c2ccc3c(n2)N(C(=O)Nc2cccc(-c4ccoc4)n2)[C@H]2CCN3C2)c1. The number of anilines is 3. The molecule has 33 heavy (non-hydrogen) atoms. The number of fused-ring (bicyclic) bond motifs is 4. The first kappa shape index (κ1) is 19.5. The number of rotatable bonds is 3. The number of benzene rings is 1. The zero-order valence-electron chi connectivity index (χ0n) is 18.2. The van der Waals surface area contributed by atoms with E-state index in [1.807, 2.05) is 35.2 Å². The number of aryl methyl sites for hydroxylation is 1. The number of pyridine rings is 2. The first-order valence-electron chi connectivity index (χ1n) is 11.1. The van der Waals surface area contributed by atoms with Gasteiger partial charge in [0.05, 0.1) is 35.6 Å². The van der Waals surface area contributed by atoms with Gasteiger partial charge in [-0.2, -0.15) is 0 Å². The van der Waals surface area contributed by atoms with Gasteiger partial charge in [0.1, 0.15) is 5.82 Å². The van der Waals surface area contributed by atoms with Crippen LogP contribution in [0.1, 0.15) is 12.0 Å². The molecule has 2 aliphatic rings. The molecule has 7 heteroatoms. The van der Waals surface area contributed by atoms with E-state index in [0.29, 0.717) is 11.6 Å². The molecule has 1 fully saturated rings. The first-order valence-corrected chi connectivity index (χ1v) is 11.1. The monoisotopic (exact) mass is 437 g/mol. The van der Waals surface area contributed by atoms with Gasteiger partial charge in [-0.3, -0.25) is 10.2 Å². The summed E-state index contributed by atoms with van der Waals surface area (Å²) in [4.78, 5) is 27.2. The van der Waals surface area contributed by atoms with Crippen molar-refractivity contribution in [3.05, 3.63) is 78.8 Å². The summed E-state index contributed by atoms with van der Waals surface area (Å²) in [6, 6.07) is 19.7. The molecule has 5 heterocycles. The summed E-state index contributed by atoms with van der Waals surface area (Å²) in [5, 5.41) is 2.99. The first-order chi connectivity index (χ1) is 16.2. The Labute approximate surface area is 191 Å². The molecule has 2 amide bonds. The van der Waals surface area contributed by atoms with E-state index in [2.05, 4.69) is 46.4 Å². The van der Waals surface area contributed by atoms with Gasteiger partial charge in [0.2, 0.25) is 0 Å². The topological polar surface area (TPSA) is 74.5 Å². The summed E-state index contributed by atoms with van der Waals surface area (Å²) in [5.74, 6) is 1.20. The van der Waals surface area contributed by atoms with Crippen molar-refractivity contribution < 1.29 is 9.21 Å². The zero-order valence-corrected chi connectivity index (χ0v) is 18.2. The molecule has 0 spiro atoms. The van der Waals surface area contributed by atoms with Gasteiger partial charge in [-0.05, 0) is 49.7 Å². The highest BCUT2D eigenvalue weighted by Gasteiger charge is 2.40. The van der Waals surface area contributed by atoms with E-state index < -0.39 is 0 Å². The highest BCUT2D eigenvalue weighted by molar-refractivity contribution is 6.04. The third kappa shape index (κ3) is 3.51. The minimum atomic E-state index is -0.214. The lowest BCUT2D eigenvalue weighted by Gasteiger charge is -2.35. The Bertz CT molecular complexity index is 1330. The maximum absolute atomic E-state index is 13.5. The summed E-state index contributed by atoms with van der Waals surface area (Å²) in [6.45, 7) is 3.80. The molecule has 3 aromatic heterocycles. The molecule has 1 saturated heterocycles. The van der Waals surface area contributed by atoms with Gasteiger partial charge < -0.3 is 9.32 Å². The van der Waals surface area contributed by atoms with Gasteiger partial charge in [0.25, 0.3) is 0 Å². The molecule has 1 aromatic carbocycles. The number of carbonyl (C=O) groups is 1. The Morgan fingerprint density at radius 3 is 2.76 bits per heavy atom. The van der Waals surface area contributed by atoms with E-state index in [1.54, 1.807) is 18.6 Å². The van der Waals surface area contributed by atoms with Gasteiger partial charge in [0, 0.05) is 24.2 Å². The third-order valence-electron chi connectivity index (χ3n) is 6.29.